The first-order valence-electron chi connectivity index (χ1n) is 8.22. The molecule has 0 aliphatic heterocycles. The van der Waals surface area contributed by atoms with Gasteiger partial charge in [-0.25, -0.2) is 9.59 Å². The van der Waals surface area contributed by atoms with Crippen molar-refractivity contribution in [2.24, 2.45) is 0 Å². The molecule has 2 aromatic rings. The fourth-order valence-corrected chi connectivity index (χ4v) is 2.41. The van der Waals surface area contributed by atoms with E-state index in [2.05, 4.69) is 5.32 Å². The van der Waals surface area contributed by atoms with E-state index < -0.39 is 30.2 Å². The number of aromatic nitrogens is 1. The molecule has 2 heterocycles. The Kier molecular flexibility index (Phi) is 6.48. The van der Waals surface area contributed by atoms with Gasteiger partial charge in [-0.15, -0.1) is 0 Å². The van der Waals surface area contributed by atoms with Gasteiger partial charge in [0.25, 0.3) is 5.91 Å². The molecule has 0 aliphatic rings. The minimum absolute atomic E-state index is 0.0116. The van der Waals surface area contributed by atoms with Crippen LogP contribution >= 0.6 is 0 Å². The third-order valence-corrected chi connectivity index (χ3v) is 3.54. The number of furan rings is 1. The number of rotatable bonds is 7. The zero-order chi connectivity index (χ0) is 20.8. The number of amides is 1. The van der Waals surface area contributed by atoms with Gasteiger partial charge in [0.1, 0.15) is 11.3 Å². The summed E-state index contributed by atoms with van der Waals surface area (Å²) in [5.74, 6) is -3.29. The quantitative estimate of drug-likeness (QED) is 0.324. The molecule has 0 saturated carbocycles. The average molecular weight is 390 g/mol. The number of esters is 2. The predicted octanol–water partition coefficient (Wildman–Crippen LogP) is 1.40. The Labute approximate surface area is 159 Å². The first kappa shape index (κ1) is 20.6. The number of Topliss-reactive ketones (excluding diaryl/α,β-unsaturated/α-hetero) is 1. The molecule has 0 bridgehead atoms. The number of pyridine rings is 1. The summed E-state index contributed by atoms with van der Waals surface area (Å²) in [7, 11) is 0. The topological polar surface area (TPSA) is 139 Å². The molecule has 148 valence electrons. The van der Waals surface area contributed by atoms with Crippen molar-refractivity contribution in [2.75, 3.05) is 18.5 Å². The van der Waals surface area contributed by atoms with Crippen LogP contribution in [0.5, 0.6) is 0 Å². The highest BCUT2D eigenvalue weighted by Gasteiger charge is 2.29. The van der Waals surface area contributed by atoms with Crippen LogP contribution in [0, 0.1) is 12.1 Å². The Morgan fingerprint density at radius 2 is 1.86 bits per heavy atom. The summed E-state index contributed by atoms with van der Waals surface area (Å²) in [4.78, 5) is 47.9. The van der Waals surface area contributed by atoms with Gasteiger partial charge in [0.2, 0.25) is 5.88 Å². The van der Waals surface area contributed by atoms with Crippen LogP contribution in [0.4, 0.5) is 5.88 Å². The smallest absolute Gasteiger partial charge is 0.405 e. The normalized spacial score (nSPS) is 10.2. The lowest BCUT2D eigenvalue weighted by Crippen LogP contribution is -2.35. The first-order chi connectivity index (χ1) is 13.3. The lowest BCUT2D eigenvalue weighted by Gasteiger charge is -2.07. The number of ether oxygens (including phenoxy) is 2. The molecular weight excluding hydrogens is 372 g/mol. The fourth-order valence-electron chi connectivity index (χ4n) is 2.41. The zero-order valence-electron chi connectivity index (χ0n) is 15.4. The average Bonchev–Trinajstić information content (AvgIpc) is 2.96. The number of nitrogens with one attached hydrogen (secondary N) is 1. The van der Waals surface area contributed by atoms with Gasteiger partial charge in [0, 0.05) is 12.1 Å². The first-order valence-corrected chi connectivity index (χ1v) is 8.22. The van der Waals surface area contributed by atoms with Crippen molar-refractivity contribution < 1.29 is 37.8 Å². The zero-order valence-corrected chi connectivity index (χ0v) is 15.4. The number of carbonyl (C=O) groups is 4. The molecule has 0 radical (unpaired) electrons. The van der Waals surface area contributed by atoms with Crippen molar-refractivity contribution in [1.29, 1.82) is 0 Å². The molecule has 10 nitrogen and oxygen atoms in total. The number of anilines is 1. The Morgan fingerprint density at radius 1 is 1.14 bits per heavy atom. The lowest BCUT2D eigenvalue weighted by molar-refractivity contribution is -0.608. The van der Waals surface area contributed by atoms with E-state index in [-0.39, 0.29) is 35.1 Å². The Balaban J connectivity index is 2.14. The summed E-state index contributed by atoms with van der Waals surface area (Å²) < 4.78 is 15.3. The summed E-state index contributed by atoms with van der Waals surface area (Å²) in [5, 5.41) is 13.8. The minimum Gasteiger partial charge on any atom is -0.618 e. The van der Waals surface area contributed by atoms with E-state index in [0.717, 1.165) is 6.20 Å². The molecule has 28 heavy (non-hydrogen) atoms. The van der Waals surface area contributed by atoms with Crippen LogP contribution in [0.3, 0.4) is 0 Å². The lowest BCUT2D eigenvalue weighted by atomic mass is 10.1. The summed E-state index contributed by atoms with van der Waals surface area (Å²) in [6.07, 6.45) is 1.11. The van der Waals surface area contributed by atoms with Gasteiger partial charge in [-0.2, -0.15) is 4.73 Å². The van der Waals surface area contributed by atoms with E-state index in [1.807, 2.05) is 0 Å². The van der Waals surface area contributed by atoms with Crippen LogP contribution < -0.4 is 10.0 Å². The maximum absolute atomic E-state index is 12.2. The van der Waals surface area contributed by atoms with Crippen molar-refractivity contribution in [2.45, 2.75) is 20.8 Å². The fraction of sp³-hybridized carbons (Fsp3) is 0.278. The summed E-state index contributed by atoms with van der Waals surface area (Å²) in [5.41, 5.74) is -0.523. The maximum atomic E-state index is 12.2. The predicted molar refractivity (Wildman–Crippen MR) is 93.7 cm³/mol. The van der Waals surface area contributed by atoms with Gasteiger partial charge in [-0.05, 0) is 26.8 Å². The van der Waals surface area contributed by atoms with E-state index in [0.29, 0.717) is 4.73 Å². The molecule has 1 N–H and O–H groups in total. The van der Waals surface area contributed by atoms with Gasteiger partial charge >= 0.3 is 17.6 Å². The SMILES string of the molecule is CCOC(=O)c1c(NC(=O)COC(=O)c2cccc[n+]2[O-])oc(C)c1C(C)=O. The molecule has 0 aliphatic carbocycles. The van der Waals surface area contributed by atoms with Gasteiger partial charge in [-0.1, -0.05) is 0 Å². The van der Waals surface area contributed by atoms with Gasteiger partial charge in [0.05, 0.1) is 12.2 Å². The monoisotopic (exact) mass is 390 g/mol. The van der Waals surface area contributed by atoms with Crippen LogP contribution in [0.2, 0.25) is 0 Å². The highest BCUT2D eigenvalue weighted by atomic mass is 16.5. The summed E-state index contributed by atoms with van der Waals surface area (Å²) >= 11 is 0. The molecular formula is C18H18N2O8. The Bertz CT molecular complexity index is 932. The third kappa shape index (κ3) is 4.53. The number of hydrogen-bond donors (Lipinski definition) is 1. The van der Waals surface area contributed by atoms with Gasteiger partial charge in [-0.3, -0.25) is 14.9 Å². The molecule has 10 heteroatoms. The molecule has 1 amide bonds. The standard InChI is InChI=1S/C18H18N2O8/c1-4-26-18(24)15-14(10(2)21)11(3)28-16(15)19-13(22)9-27-17(23)12-7-5-6-8-20(12)25/h5-8H,4,9H2,1-3H3,(H,19,22). The molecule has 2 rings (SSSR count). The number of ketones is 1. The number of hydrogen-bond acceptors (Lipinski definition) is 8. The molecule has 0 fully saturated rings. The second-order valence-corrected chi connectivity index (χ2v) is 5.55. The second kappa shape index (κ2) is 8.80. The Hall–Kier alpha value is -3.69. The largest absolute Gasteiger partial charge is 0.618 e. The van der Waals surface area contributed by atoms with Crippen molar-refractivity contribution in [3.8, 4) is 0 Å². The highest BCUT2D eigenvalue weighted by molar-refractivity contribution is 6.10. The summed E-state index contributed by atoms with van der Waals surface area (Å²) in [6, 6.07) is 4.13. The molecule has 2 aromatic heterocycles. The molecule has 0 aromatic carbocycles. The van der Waals surface area contributed by atoms with Crippen LogP contribution in [-0.4, -0.2) is 36.8 Å². The van der Waals surface area contributed by atoms with Gasteiger partial charge in [0.15, 0.2) is 18.6 Å². The van der Waals surface area contributed by atoms with Crippen LogP contribution in [-0.2, 0) is 14.3 Å². The van der Waals surface area contributed by atoms with E-state index >= 15 is 0 Å². The third-order valence-electron chi connectivity index (χ3n) is 3.54. The molecule has 0 atom stereocenters. The highest BCUT2D eigenvalue weighted by Crippen LogP contribution is 2.28. The number of aryl methyl sites for hydroxylation is 1. The second-order valence-electron chi connectivity index (χ2n) is 5.55. The van der Waals surface area contributed by atoms with E-state index in [1.54, 1.807) is 6.92 Å². The van der Waals surface area contributed by atoms with Crippen molar-refractivity contribution in [3.63, 3.8) is 0 Å². The number of nitrogens with zero attached hydrogens (tertiary/aromatic N) is 1. The van der Waals surface area contributed by atoms with E-state index in [9.17, 15) is 24.4 Å². The Morgan fingerprint density at radius 3 is 2.46 bits per heavy atom. The molecule has 0 unspecified atom stereocenters. The van der Waals surface area contributed by atoms with Crippen molar-refractivity contribution >= 4 is 29.5 Å². The van der Waals surface area contributed by atoms with Crippen molar-refractivity contribution in [1.82, 2.24) is 0 Å². The molecule has 0 saturated heterocycles. The van der Waals surface area contributed by atoms with Gasteiger partial charge < -0.3 is 19.1 Å². The van der Waals surface area contributed by atoms with Crippen LogP contribution in [0.25, 0.3) is 0 Å². The van der Waals surface area contributed by atoms with Crippen molar-refractivity contribution in [3.05, 3.63) is 52.2 Å². The van der Waals surface area contributed by atoms with Crippen LogP contribution in [0.15, 0.2) is 28.8 Å². The van der Waals surface area contributed by atoms with E-state index in [1.165, 1.54) is 32.0 Å². The summed E-state index contributed by atoms with van der Waals surface area (Å²) in [6.45, 7) is 3.59. The van der Waals surface area contributed by atoms with Crippen LogP contribution in [0.1, 0.15) is 50.8 Å². The van der Waals surface area contributed by atoms with E-state index in [4.69, 9.17) is 13.9 Å². The number of carbonyl (C=O) groups excluding carboxylic acids is 4. The minimum atomic E-state index is -1.00. The molecule has 0 spiro atoms. The maximum Gasteiger partial charge on any atom is 0.405 e.